The van der Waals surface area contributed by atoms with E-state index in [0.717, 1.165) is 44.7 Å². The molecule has 0 unspecified atom stereocenters. The summed E-state index contributed by atoms with van der Waals surface area (Å²) in [6.45, 7) is 8.76. The molecule has 0 aromatic carbocycles. The smallest absolute Gasteiger partial charge is 0.257 e. The highest BCUT2D eigenvalue weighted by molar-refractivity contribution is 5.95. The highest BCUT2D eigenvalue weighted by atomic mass is 16.5. The van der Waals surface area contributed by atoms with Gasteiger partial charge in [0.15, 0.2) is 0 Å². The minimum atomic E-state index is -0.108. The van der Waals surface area contributed by atoms with Gasteiger partial charge in [0.1, 0.15) is 0 Å². The third kappa shape index (κ3) is 4.06. The van der Waals surface area contributed by atoms with Crippen molar-refractivity contribution in [3.05, 3.63) is 17.5 Å². The van der Waals surface area contributed by atoms with E-state index in [0.29, 0.717) is 11.5 Å². The Morgan fingerprint density at radius 1 is 1.43 bits per heavy atom. The molecule has 5 heteroatoms. The first-order chi connectivity index (χ1) is 9.89. The molecule has 0 bridgehead atoms. The number of nitrogens with one attached hydrogen (secondary N) is 1. The molecule has 2 heterocycles. The summed E-state index contributed by atoms with van der Waals surface area (Å²) in [5.74, 6) is 0.737. The van der Waals surface area contributed by atoms with Gasteiger partial charge >= 0.3 is 0 Å². The molecule has 1 aliphatic heterocycles. The first-order valence-electron chi connectivity index (χ1n) is 7.76. The van der Waals surface area contributed by atoms with Crippen LogP contribution in [-0.4, -0.2) is 47.8 Å². The normalized spacial score (nSPS) is 17.0. The van der Waals surface area contributed by atoms with Gasteiger partial charge in [0.05, 0.1) is 17.5 Å². The van der Waals surface area contributed by atoms with Gasteiger partial charge in [-0.05, 0) is 25.2 Å². The summed E-state index contributed by atoms with van der Waals surface area (Å²) in [5, 5.41) is 7.03. The van der Waals surface area contributed by atoms with Crippen LogP contribution in [0, 0.1) is 5.92 Å². The SMILES string of the molecule is CN(CCC1CCOCC1)C(=O)c1cn[nH]c1C(C)(C)C. The summed E-state index contributed by atoms with van der Waals surface area (Å²) in [5.41, 5.74) is 1.49. The Bertz CT molecular complexity index is 470. The molecule has 0 radical (unpaired) electrons. The van der Waals surface area contributed by atoms with Gasteiger partial charge < -0.3 is 9.64 Å². The number of aromatic nitrogens is 2. The van der Waals surface area contributed by atoms with Crippen LogP contribution in [0.2, 0.25) is 0 Å². The van der Waals surface area contributed by atoms with E-state index in [9.17, 15) is 4.79 Å². The zero-order valence-corrected chi connectivity index (χ0v) is 13.6. The lowest BCUT2D eigenvalue weighted by Gasteiger charge is -2.25. The third-order valence-corrected chi connectivity index (χ3v) is 4.18. The second-order valence-corrected chi connectivity index (χ2v) is 6.98. The average molecular weight is 293 g/mol. The number of H-pyrrole nitrogens is 1. The Kier molecular flexibility index (Phi) is 5.04. The van der Waals surface area contributed by atoms with Crippen LogP contribution >= 0.6 is 0 Å². The number of hydrogen-bond acceptors (Lipinski definition) is 3. The van der Waals surface area contributed by atoms with Gasteiger partial charge in [-0.15, -0.1) is 0 Å². The van der Waals surface area contributed by atoms with Crippen molar-refractivity contribution in [2.24, 2.45) is 5.92 Å². The van der Waals surface area contributed by atoms with Crippen molar-refractivity contribution >= 4 is 5.91 Å². The average Bonchev–Trinajstić information content (AvgIpc) is 2.94. The van der Waals surface area contributed by atoms with E-state index in [1.54, 1.807) is 6.20 Å². The van der Waals surface area contributed by atoms with Crippen LogP contribution in [0.3, 0.4) is 0 Å². The van der Waals surface area contributed by atoms with E-state index >= 15 is 0 Å². The van der Waals surface area contributed by atoms with Crippen molar-refractivity contribution in [1.29, 1.82) is 0 Å². The summed E-state index contributed by atoms with van der Waals surface area (Å²) in [6, 6.07) is 0. The number of hydrogen-bond donors (Lipinski definition) is 1. The molecular weight excluding hydrogens is 266 g/mol. The van der Waals surface area contributed by atoms with Crippen LogP contribution in [-0.2, 0) is 10.2 Å². The zero-order valence-electron chi connectivity index (χ0n) is 13.6. The van der Waals surface area contributed by atoms with Crippen LogP contribution in [0.5, 0.6) is 0 Å². The number of rotatable bonds is 4. The lowest BCUT2D eigenvalue weighted by molar-refractivity contribution is 0.0583. The summed E-state index contributed by atoms with van der Waals surface area (Å²) < 4.78 is 5.37. The van der Waals surface area contributed by atoms with Gasteiger partial charge in [-0.1, -0.05) is 20.8 Å². The standard InChI is InChI=1S/C16H27N3O2/c1-16(2,3)14-13(11-17-18-14)15(20)19(4)8-5-12-6-9-21-10-7-12/h11-12H,5-10H2,1-4H3,(H,17,18). The van der Waals surface area contributed by atoms with Crippen molar-refractivity contribution in [2.75, 3.05) is 26.8 Å². The van der Waals surface area contributed by atoms with Gasteiger partial charge in [-0.3, -0.25) is 9.89 Å². The number of carbonyl (C=O) groups is 1. The van der Waals surface area contributed by atoms with E-state index in [4.69, 9.17) is 4.74 Å². The molecule has 1 amide bonds. The molecule has 1 fully saturated rings. The lowest BCUT2D eigenvalue weighted by atomic mass is 9.89. The van der Waals surface area contributed by atoms with E-state index in [1.807, 2.05) is 11.9 Å². The molecule has 118 valence electrons. The predicted octanol–water partition coefficient (Wildman–Crippen LogP) is 2.60. The molecule has 0 aliphatic carbocycles. The molecule has 1 aromatic rings. The quantitative estimate of drug-likeness (QED) is 0.928. The number of nitrogens with zero attached hydrogens (tertiary/aromatic N) is 2. The number of ether oxygens (including phenoxy) is 1. The maximum absolute atomic E-state index is 12.6. The Labute approximate surface area is 127 Å². The van der Waals surface area contributed by atoms with Gasteiger partial charge in [0.2, 0.25) is 0 Å². The van der Waals surface area contributed by atoms with Crippen molar-refractivity contribution in [3.8, 4) is 0 Å². The van der Waals surface area contributed by atoms with Crippen LogP contribution < -0.4 is 0 Å². The second-order valence-electron chi connectivity index (χ2n) is 6.98. The second kappa shape index (κ2) is 6.60. The van der Waals surface area contributed by atoms with Crippen LogP contribution in [0.1, 0.15) is 56.1 Å². The monoisotopic (exact) mass is 293 g/mol. The predicted molar refractivity (Wildman–Crippen MR) is 82.4 cm³/mol. The Morgan fingerprint density at radius 3 is 2.71 bits per heavy atom. The Morgan fingerprint density at radius 2 is 2.10 bits per heavy atom. The lowest BCUT2D eigenvalue weighted by Crippen LogP contribution is -2.31. The third-order valence-electron chi connectivity index (χ3n) is 4.18. The molecule has 0 spiro atoms. The molecule has 0 saturated carbocycles. The molecule has 0 atom stereocenters. The minimum absolute atomic E-state index is 0.0562. The topological polar surface area (TPSA) is 58.2 Å². The van der Waals surface area contributed by atoms with Gasteiger partial charge in [-0.2, -0.15) is 5.10 Å². The summed E-state index contributed by atoms with van der Waals surface area (Å²) in [6.07, 6.45) is 4.92. The molecule has 2 rings (SSSR count). The maximum Gasteiger partial charge on any atom is 0.257 e. The van der Waals surface area contributed by atoms with E-state index < -0.39 is 0 Å². The summed E-state index contributed by atoms with van der Waals surface area (Å²) in [4.78, 5) is 14.4. The fourth-order valence-electron chi connectivity index (χ4n) is 2.74. The molecule has 1 aliphatic rings. The minimum Gasteiger partial charge on any atom is -0.381 e. The van der Waals surface area contributed by atoms with Crippen molar-refractivity contribution in [2.45, 2.75) is 45.4 Å². The van der Waals surface area contributed by atoms with Crippen LogP contribution in [0.4, 0.5) is 0 Å². The number of aromatic amines is 1. The number of amides is 1. The molecular formula is C16H27N3O2. The highest BCUT2D eigenvalue weighted by Crippen LogP contribution is 2.24. The van der Waals surface area contributed by atoms with Crippen molar-refractivity contribution in [1.82, 2.24) is 15.1 Å². The van der Waals surface area contributed by atoms with Crippen LogP contribution in [0.25, 0.3) is 0 Å². The first kappa shape index (κ1) is 16.0. The fourth-order valence-corrected chi connectivity index (χ4v) is 2.74. The number of carbonyl (C=O) groups excluding carboxylic acids is 1. The van der Waals surface area contributed by atoms with E-state index in [2.05, 4.69) is 31.0 Å². The van der Waals surface area contributed by atoms with Gasteiger partial charge in [0.25, 0.3) is 5.91 Å². The first-order valence-corrected chi connectivity index (χ1v) is 7.76. The van der Waals surface area contributed by atoms with Crippen LogP contribution in [0.15, 0.2) is 6.20 Å². The van der Waals surface area contributed by atoms with E-state index in [1.165, 1.54) is 0 Å². The maximum atomic E-state index is 12.6. The molecule has 1 saturated heterocycles. The van der Waals surface area contributed by atoms with Crippen molar-refractivity contribution in [3.63, 3.8) is 0 Å². The van der Waals surface area contributed by atoms with Crippen molar-refractivity contribution < 1.29 is 9.53 Å². The largest absolute Gasteiger partial charge is 0.381 e. The molecule has 5 nitrogen and oxygen atoms in total. The molecule has 1 aromatic heterocycles. The van der Waals surface area contributed by atoms with Gasteiger partial charge in [-0.25, -0.2) is 0 Å². The summed E-state index contributed by atoms with van der Waals surface area (Å²) in [7, 11) is 1.88. The highest BCUT2D eigenvalue weighted by Gasteiger charge is 2.26. The zero-order chi connectivity index (χ0) is 15.5. The Balaban J connectivity index is 1.94. The summed E-state index contributed by atoms with van der Waals surface area (Å²) >= 11 is 0. The van der Waals surface area contributed by atoms with Gasteiger partial charge in [0, 0.05) is 32.2 Å². The molecule has 1 N–H and O–H groups in total. The van der Waals surface area contributed by atoms with E-state index in [-0.39, 0.29) is 11.3 Å². The Hall–Kier alpha value is -1.36. The molecule has 21 heavy (non-hydrogen) atoms. The fraction of sp³-hybridized carbons (Fsp3) is 0.750.